The van der Waals surface area contributed by atoms with Gasteiger partial charge in [-0.1, -0.05) is 18.2 Å². The van der Waals surface area contributed by atoms with E-state index in [1.54, 1.807) is 0 Å². The van der Waals surface area contributed by atoms with Gasteiger partial charge in [-0.25, -0.2) is 0 Å². The maximum Gasteiger partial charge on any atom is 0.137 e. The molecule has 1 aliphatic carbocycles. The molecular formula is C14H17NO. The number of rotatable bonds is 3. The lowest BCUT2D eigenvalue weighted by atomic mass is 10.1. The Kier molecular flexibility index (Phi) is 2.08. The minimum atomic E-state index is 0.119. The summed E-state index contributed by atoms with van der Waals surface area (Å²) in [6, 6.07) is 8.40. The van der Waals surface area contributed by atoms with Gasteiger partial charge in [0.25, 0.3) is 0 Å². The van der Waals surface area contributed by atoms with Crippen molar-refractivity contribution in [3.63, 3.8) is 0 Å². The first-order valence-corrected chi connectivity index (χ1v) is 5.93. The van der Waals surface area contributed by atoms with E-state index in [1.807, 2.05) is 0 Å². The maximum atomic E-state index is 6.08. The van der Waals surface area contributed by atoms with Gasteiger partial charge in [0.05, 0.1) is 0 Å². The number of nitrogens with two attached hydrogens (primary N) is 1. The molecule has 0 bridgehead atoms. The molecule has 0 saturated heterocycles. The maximum absolute atomic E-state index is 6.08. The van der Waals surface area contributed by atoms with E-state index in [4.69, 9.17) is 10.2 Å². The molecule has 1 aliphatic rings. The molecule has 1 aromatic carbocycles. The van der Waals surface area contributed by atoms with Crippen molar-refractivity contribution in [3.05, 3.63) is 35.6 Å². The van der Waals surface area contributed by atoms with Gasteiger partial charge in [-0.15, -0.1) is 0 Å². The Balaban J connectivity index is 1.85. The van der Waals surface area contributed by atoms with E-state index in [2.05, 4.69) is 31.2 Å². The standard InChI is InChI=1S/C14H17NO/c1-10-3-2-4-11-9-12(16-13(10)11)5-6-14(15)7-8-14/h2-4,9H,5-8,15H2,1H3. The quantitative estimate of drug-likeness (QED) is 0.854. The third kappa shape index (κ3) is 1.74. The van der Waals surface area contributed by atoms with Crippen LogP contribution in [0.15, 0.2) is 28.7 Å². The lowest BCUT2D eigenvalue weighted by molar-refractivity contribution is 0.506. The van der Waals surface area contributed by atoms with Crippen LogP contribution in [0.2, 0.25) is 0 Å². The van der Waals surface area contributed by atoms with E-state index in [-0.39, 0.29) is 5.54 Å². The van der Waals surface area contributed by atoms with Gasteiger partial charge in [0.1, 0.15) is 11.3 Å². The van der Waals surface area contributed by atoms with Gasteiger partial charge in [0, 0.05) is 17.3 Å². The van der Waals surface area contributed by atoms with Crippen LogP contribution in [0.25, 0.3) is 11.0 Å². The van der Waals surface area contributed by atoms with Crippen LogP contribution in [0.4, 0.5) is 0 Å². The molecule has 2 aromatic rings. The van der Waals surface area contributed by atoms with Crippen LogP contribution in [-0.2, 0) is 6.42 Å². The fourth-order valence-corrected chi connectivity index (χ4v) is 2.17. The first-order chi connectivity index (χ1) is 7.66. The van der Waals surface area contributed by atoms with Gasteiger partial charge in [-0.05, 0) is 37.8 Å². The molecule has 0 amide bonds. The highest BCUT2D eigenvalue weighted by molar-refractivity contribution is 5.80. The molecule has 2 N–H and O–H groups in total. The van der Waals surface area contributed by atoms with Crippen LogP contribution in [0, 0.1) is 6.92 Å². The third-order valence-electron chi connectivity index (χ3n) is 3.55. The average molecular weight is 215 g/mol. The third-order valence-corrected chi connectivity index (χ3v) is 3.55. The van der Waals surface area contributed by atoms with Crippen molar-refractivity contribution in [2.24, 2.45) is 5.73 Å². The lowest BCUT2D eigenvalue weighted by Gasteiger charge is -2.05. The smallest absolute Gasteiger partial charge is 0.137 e. The Bertz CT molecular complexity index is 523. The van der Waals surface area contributed by atoms with Crippen molar-refractivity contribution in [1.29, 1.82) is 0 Å². The zero-order valence-electron chi connectivity index (χ0n) is 9.62. The summed E-state index contributed by atoms with van der Waals surface area (Å²) in [6.45, 7) is 2.08. The second-order valence-electron chi connectivity index (χ2n) is 5.07. The summed E-state index contributed by atoms with van der Waals surface area (Å²) in [7, 11) is 0. The summed E-state index contributed by atoms with van der Waals surface area (Å²) < 4.78 is 5.87. The van der Waals surface area contributed by atoms with Crippen molar-refractivity contribution < 1.29 is 4.42 Å². The van der Waals surface area contributed by atoms with Crippen molar-refractivity contribution >= 4 is 11.0 Å². The molecule has 16 heavy (non-hydrogen) atoms. The van der Waals surface area contributed by atoms with E-state index < -0.39 is 0 Å². The van der Waals surface area contributed by atoms with Crippen LogP contribution in [0.3, 0.4) is 0 Å². The summed E-state index contributed by atoms with van der Waals surface area (Å²) in [5.74, 6) is 1.07. The van der Waals surface area contributed by atoms with Gasteiger partial charge < -0.3 is 10.2 Å². The number of benzene rings is 1. The lowest BCUT2D eigenvalue weighted by Crippen LogP contribution is -2.21. The van der Waals surface area contributed by atoms with Gasteiger partial charge >= 0.3 is 0 Å². The number of hydrogen-bond acceptors (Lipinski definition) is 2. The van der Waals surface area contributed by atoms with E-state index in [1.165, 1.54) is 23.8 Å². The molecule has 2 heteroatoms. The molecule has 1 aromatic heterocycles. The Labute approximate surface area is 95.4 Å². The number of furan rings is 1. The molecule has 0 unspecified atom stereocenters. The van der Waals surface area contributed by atoms with Crippen molar-refractivity contribution in [3.8, 4) is 0 Å². The SMILES string of the molecule is Cc1cccc2cc(CCC3(N)CC3)oc12. The Morgan fingerprint density at radius 2 is 2.19 bits per heavy atom. The highest BCUT2D eigenvalue weighted by Gasteiger charge is 2.37. The Morgan fingerprint density at radius 1 is 1.38 bits per heavy atom. The minimum absolute atomic E-state index is 0.119. The largest absolute Gasteiger partial charge is 0.461 e. The van der Waals surface area contributed by atoms with Crippen LogP contribution < -0.4 is 5.73 Å². The molecule has 0 atom stereocenters. The van der Waals surface area contributed by atoms with E-state index in [0.717, 1.165) is 24.2 Å². The van der Waals surface area contributed by atoms with Crippen LogP contribution in [0.1, 0.15) is 30.6 Å². The fraction of sp³-hybridized carbons (Fsp3) is 0.429. The zero-order chi connectivity index (χ0) is 11.2. The Hall–Kier alpha value is -1.28. The summed E-state index contributed by atoms with van der Waals surface area (Å²) in [4.78, 5) is 0. The average Bonchev–Trinajstić information content (AvgIpc) is 2.84. The molecule has 3 rings (SSSR count). The first-order valence-electron chi connectivity index (χ1n) is 5.93. The molecule has 0 spiro atoms. The topological polar surface area (TPSA) is 39.2 Å². The van der Waals surface area contributed by atoms with Crippen LogP contribution in [0.5, 0.6) is 0 Å². The number of para-hydroxylation sites is 1. The summed E-state index contributed by atoms with van der Waals surface area (Å²) in [6.07, 6.45) is 4.36. The fourth-order valence-electron chi connectivity index (χ4n) is 2.17. The molecule has 1 fully saturated rings. The second-order valence-corrected chi connectivity index (χ2v) is 5.07. The summed E-state index contributed by atoms with van der Waals surface area (Å²) in [5, 5.41) is 1.21. The van der Waals surface area contributed by atoms with Crippen molar-refractivity contribution in [2.45, 2.75) is 38.1 Å². The van der Waals surface area contributed by atoms with E-state index in [9.17, 15) is 0 Å². The van der Waals surface area contributed by atoms with Gasteiger partial charge in [0.15, 0.2) is 0 Å². The van der Waals surface area contributed by atoms with Crippen molar-refractivity contribution in [2.75, 3.05) is 0 Å². The normalized spacial score (nSPS) is 17.9. The van der Waals surface area contributed by atoms with Crippen LogP contribution >= 0.6 is 0 Å². The number of hydrogen-bond donors (Lipinski definition) is 1. The summed E-state index contributed by atoms with van der Waals surface area (Å²) in [5.41, 5.74) is 8.43. The molecule has 84 valence electrons. The highest BCUT2D eigenvalue weighted by atomic mass is 16.3. The molecule has 0 aliphatic heterocycles. The van der Waals surface area contributed by atoms with E-state index >= 15 is 0 Å². The summed E-state index contributed by atoms with van der Waals surface area (Å²) >= 11 is 0. The molecule has 1 saturated carbocycles. The van der Waals surface area contributed by atoms with Gasteiger partial charge in [-0.2, -0.15) is 0 Å². The monoisotopic (exact) mass is 215 g/mol. The molecule has 1 heterocycles. The Morgan fingerprint density at radius 3 is 2.88 bits per heavy atom. The molecular weight excluding hydrogens is 198 g/mol. The first kappa shape index (κ1) is 9.91. The predicted octanol–water partition coefficient (Wildman–Crippen LogP) is 3.17. The highest BCUT2D eigenvalue weighted by Crippen LogP contribution is 2.37. The second kappa shape index (κ2) is 3.36. The molecule has 0 radical (unpaired) electrons. The van der Waals surface area contributed by atoms with Crippen molar-refractivity contribution in [1.82, 2.24) is 0 Å². The van der Waals surface area contributed by atoms with Gasteiger partial charge in [-0.3, -0.25) is 0 Å². The zero-order valence-corrected chi connectivity index (χ0v) is 9.62. The molecule has 2 nitrogen and oxygen atoms in total. The van der Waals surface area contributed by atoms with Crippen LogP contribution in [-0.4, -0.2) is 5.54 Å². The number of fused-ring (bicyclic) bond motifs is 1. The van der Waals surface area contributed by atoms with Gasteiger partial charge in [0.2, 0.25) is 0 Å². The predicted molar refractivity (Wildman–Crippen MR) is 65.4 cm³/mol. The minimum Gasteiger partial charge on any atom is -0.461 e. The number of aryl methyl sites for hydroxylation is 2. The van der Waals surface area contributed by atoms with E-state index in [0.29, 0.717) is 0 Å².